The van der Waals surface area contributed by atoms with Crippen LogP contribution in [0.1, 0.15) is 17.2 Å². The number of benzene rings is 2. The monoisotopic (exact) mass is 285 g/mol. The minimum Gasteiger partial charge on any atom is -0.386 e. The topological polar surface area (TPSA) is 23.5 Å². The van der Waals surface area contributed by atoms with E-state index in [0.29, 0.717) is 18.8 Å². The molecule has 104 valence electrons. The highest BCUT2D eigenvalue weighted by molar-refractivity contribution is 7.80. The third-order valence-corrected chi connectivity index (χ3v) is 4.47. The fourth-order valence-corrected chi connectivity index (χ4v) is 3.08. The van der Waals surface area contributed by atoms with Crippen LogP contribution in [0.25, 0.3) is 0 Å². The summed E-state index contributed by atoms with van der Waals surface area (Å²) in [4.78, 5) is 2.31. The highest BCUT2D eigenvalue weighted by atomic mass is 32.1. The lowest BCUT2D eigenvalue weighted by atomic mass is 9.88. The van der Waals surface area contributed by atoms with E-state index in [1.807, 2.05) is 12.1 Å². The summed E-state index contributed by atoms with van der Waals surface area (Å²) in [5.41, 5.74) is 1.89. The summed E-state index contributed by atoms with van der Waals surface area (Å²) in [6, 6.07) is 21.1. The lowest BCUT2D eigenvalue weighted by molar-refractivity contribution is -0.0925. The number of nitrogens with zero attached hydrogens (tertiary/aromatic N) is 1. The summed E-state index contributed by atoms with van der Waals surface area (Å²) < 4.78 is 0. The molecule has 0 amide bonds. The van der Waals surface area contributed by atoms with Gasteiger partial charge in [-0.25, -0.2) is 0 Å². The van der Waals surface area contributed by atoms with Gasteiger partial charge in [-0.3, -0.25) is 4.90 Å². The third-order valence-electron chi connectivity index (χ3n) is 3.88. The Bertz CT molecular complexity index is 512. The lowest BCUT2D eigenvalue weighted by Gasteiger charge is -2.50. The predicted molar refractivity (Wildman–Crippen MR) is 85.1 cm³/mol. The Morgan fingerprint density at radius 2 is 1.40 bits per heavy atom. The molecule has 0 spiro atoms. The minimum atomic E-state index is -0.634. The van der Waals surface area contributed by atoms with E-state index in [-0.39, 0.29) is 6.04 Å². The molecule has 0 atom stereocenters. The molecule has 2 aromatic rings. The Morgan fingerprint density at radius 1 is 0.950 bits per heavy atom. The van der Waals surface area contributed by atoms with Crippen LogP contribution in [0.2, 0.25) is 0 Å². The molecule has 0 aliphatic carbocycles. The second-order valence-corrected chi connectivity index (χ2v) is 5.83. The predicted octanol–water partition coefficient (Wildman–Crippen LogP) is 2.75. The van der Waals surface area contributed by atoms with E-state index in [1.54, 1.807) is 0 Å². The highest BCUT2D eigenvalue weighted by Gasteiger charge is 2.43. The molecule has 1 heterocycles. The molecule has 0 radical (unpaired) electrons. The van der Waals surface area contributed by atoms with E-state index < -0.39 is 5.60 Å². The molecule has 1 N–H and O–H groups in total. The SMILES string of the molecule is OC1(CS)CN(C(c2ccccc2)c2ccccc2)C1. The first-order chi connectivity index (χ1) is 9.72. The molecule has 20 heavy (non-hydrogen) atoms. The summed E-state index contributed by atoms with van der Waals surface area (Å²) in [6.45, 7) is 1.34. The van der Waals surface area contributed by atoms with Crippen molar-refractivity contribution in [3.05, 3.63) is 71.8 Å². The molecule has 3 heteroatoms. The molecule has 1 saturated heterocycles. The van der Waals surface area contributed by atoms with Crippen LogP contribution in [0.4, 0.5) is 0 Å². The quantitative estimate of drug-likeness (QED) is 0.844. The van der Waals surface area contributed by atoms with Crippen LogP contribution in [0, 0.1) is 0 Å². The van der Waals surface area contributed by atoms with Gasteiger partial charge in [-0.2, -0.15) is 12.6 Å². The molecule has 2 nitrogen and oxygen atoms in total. The number of hydrogen-bond donors (Lipinski definition) is 2. The van der Waals surface area contributed by atoms with Crippen molar-refractivity contribution in [2.75, 3.05) is 18.8 Å². The number of aliphatic hydroxyl groups is 1. The van der Waals surface area contributed by atoms with Crippen LogP contribution in [0.5, 0.6) is 0 Å². The van der Waals surface area contributed by atoms with Gasteiger partial charge in [0, 0.05) is 18.8 Å². The van der Waals surface area contributed by atoms with Crippen molar-refractivity contribution in [2.24, 2.45) is 0 Å². The van der Waals surface area contributed by atoms with E-state index in [1.165, 1.54) is 11.1 Å². The fourth-order valence-electron chi connectivity index (χ4n) is 2.88. The lowest BCUT2D eigenvalue weighted by Crippen LogP contribution is -2.63. The van der Waals surface area contributed by atoms with Crippen molar-refractivity contribution in [2.45, 2.75) is 11.6 Å². The first-order valence-corrected chi connectivity index (χ1v) is 7.52. The third kappa shape index (κ3) is 2.62. The maximum atomic E-state index is 10.2. The zero-order valence-corrected chi connectivity index (χ0v) is 12.2. The van der Waals surface area contributed by atoms with Crippen molar-refractivity contribution in [1.82, 2.24) is 4.90 Å². The van der Waals surface area contributed by atoms with Crippen molar-refractivity contribution < 1.29 is 5.11 Å². The maximum absolute atomic E-state index is 10.2. The fraction of sp³-hybridized carbons (Fsp3) is 0.294. The van der Waals surface area contributed by atoms with Gasteiger partial charge < -0.3 is 5.11 Å². The van der Waals surface area contributed by atoms with Gasteiger partial charge in [0.15, 0.2) is 0 Å². The molecule has 0 bridgehead atoms. The van der Waals surface area contributed by atoms with E-state index in [4.69, 9.17) is 0 Å². The number of hydrogen-bond acceptors (Lipinski definition) is 3. The molecular weight excluding hydrogens is 266 g/mol. The average molecular weight is 285 g/mol. The Balaban J connectivity index is 1.90. The van der Waals surface area contributed by atoms with Crippen LogP contribution in [-0.4, -0.2) is 34.4 Å². The van der Waals surface area contributed by atoms with E-state index in [2.05, 4.69) is 66.1 Å². The van der Waals surface area contributed by atoms with Gasteiger partial charge in [0.25, 0.3) is 0 Å². The first kappa shape index (κ1) is 13.7. The smallest absolute Gasteiger partial charge is 0.0988 e. The summed E-state index contributed by atoms with van der Waals surface area (Å²) in [6.07, 6.45) is 0. The van der Waals surface area contributed by atoms with Crippen LogP contribution in [0.3, 0.4) is 0 Å². The van der Waals surface area contributed by atoms with Crippen molar-refractivity contribution in [3.63, 3.8) is 0 Å². The van der Waals surface area contributed by atoms with Gasteiger partial charge in [0.2, 0.25) is 0 Å². The van der Waals surface area contributed by atoms with Gasteiger partial charge in [-0.1, -0.05) is 60.7 Å². The maximum Gasteiger partial charge on any atom is 0.0988 e. The summed E-state index contributed by atoms with van der Waals surface area (Å²) in [7, 11) is 0. The largest absolute Gasteiger partial charge is 0.386 e. The summed E-state index contributed by atoms with van der Waals surface area (Å²) >= 11 is 4.24. The molecule has 1 aliphatic rings. The van der Waals surface area contributed by atoms with E-state index in [9.17, 15) is 5.11 Å². The molecule has 3 rings (SSSR count). The van der Waals surface area contributed by atoms with Gasteiger partial charge in [0.1, 0.15) is 0 Å². The average Bonchev–Trinajstić information content (AvgIpc) is 2.48. The number of rotatable bonds is 4. The van der Waals surface area contributed by atoms with Gasteiger partial charge >= 0.3 is 0 Å². The zero-order valence-electron chi connectivity index (χ0n) is 11.3. The van der Waals surface area contributed by atoms with E-state index >= 15 is 0 Å². The Morgan fingerprint density at radius 3 is 1.80 bits per heavy atom. The normalized spacial score (nSPS) is 17.9. The molecular formula is C17H19NOS. The highest BCUT2D eigenvalue weighted by Crippen LogP contribution is 2.36. The standard InChI is InChI=1S/C17H19NOS/c19-17(13-20)11-18(12-17)16(14-7-3-1-4-8-14)15-9-5-2-6-10-15/h1-10,16,19-20H,11-13H2. The van der Waals surface area contributed by atoms with Gasteiger partial charge in [0.05, 0.1) is 11.6 Å². The zero-order chi connectivity index (χ0) is 14.0. The van der Waals surface area contributed by atoms with E-state index in [0.717, 1.165) is 0 Å². The minimum absolute atomic E-state index is 0.206. The van der Waals surface area contributed by atoms with Gasteiger partial charge in [-0.05, 0) is 11.1 Å². The molecule has 0 saturated carbocycles. The molecule has 1 aliphatic heterocycles. The van der Waals surface area contributed by atoms with Crippen LogP contribution in [0.15, 0.2) is 60.7 Å². The number of β-amino-alcohol motifs (C(OH)–C–C–N with tert-alkyl or cyclic N) is 1. The molecule has 0 unspecified atom stereocenters. The molecule has 2 aromatic carbocycles. The van der Waals surface area contributed by atoms with Crippen molar-refractivity contribution in [3.8, 4) is 0 Å². The van der Waals surface area contributed by atoms with Crippen LogP contribution >= 0.6 is 12.6 Å². The second kappa shape index (κ2) is 5.60. The summed E-state index contributed by atoms with van der Waals surface area (Å²) in [5, 5.41) is 10.2. The Kier molecular flexibility index (Phi) is 3.83. The van der Waals surface area contributed by atoms with Crippen molar-refractivity contribution in [1.29, 1.82) is 0 Å². The second-order valence-electron chi connectivity index (χ2n) is 5.51. The van der Waals surface area contributed by atoms with Gasteiger partial charge in [-0.15, -0.1) is 0 Å². The Hall–Kier alpha value is -1.29. The van der Waals surface area contributed by atoms with Crippen LogP contribution in [-0.2, 0) is 0 Å². The first-order valence-electron chi connectivity index (χ1n) is 6.89. The summed E-state index contributed by atoms with van der Waals surface area (Å²) in [5.74, 6) is 0.514. The number of thiol groups is 1. The van der Waals surface area contributed by atoms with Crippen LogP contribution < -0.4 is 0 Å². The Labute approximate surface area is 125 Å². The molecule has 0 aromatic heterocycles. The molecule has 1 fully saturated rings. The number of likely N-dealkylation sites (tertiary alicyclic amines) is 1. The van der Waals surface area contributed by atoms with Crippen molar-refractivity contribution >= 4 is 12.6 Å².